The number of rotatable bonds is 4. The van der Waals surface area contributed by atoms with Gasteiger partial charge in [-0.1, -0.05) is 13.3 Å². The van der Waals surface area contributed by atoms with Crippen molar-refractivity contribution >= 4 is 34.1 Å². The third-order valence-corrected chi connectivity index (χ3v) is 8.79. The molecule has 0 spiro atoms. The van der Waals surface area contributed by atoms with Gasteiger partial charge in [-0.2, -0.15) is 0 Å². The summed E-state index contributed by atoms with van der Waals surface area (Å²) in [5.41, 5.74) is 1.67. The molecule has 6 nitrogen and oxygen atoms in total. The Balaban J connectivity index is 1.42. The first-order chi connectivity index (χ1) is 14.1. The topological polar surface area (TPSA) is 75.7 Å². The standard InChI is InChI=1S/C22H26N2O4S/c1-2-10-3-6-12-15(9-10)29-22(16(12)19(25)23-11-4-5-11)24-20(26)17-13-7-8-14(28-13)18(17)21(24)27/h10-11,13-14,17-18H,2-9H2,1H3,(H,23,25)/t10-,13-,14-,17-,18-/m0/s1. The van der Waals surface area contributed by atoms with Gasteiger partial charge in [-0.05, 0) is 56.4 Å². The number of ether oxygens (including phenoxy) is 1. The molecule has 0 unspecified atom stereocenters. The summed E-state index contributed by atoms with van der Waals surface area (Å²) in [7, 11) is 0. The fraction of sp³-hybridized carbons (Fsp3) is 0.682. The predicted octanol–water partition coefficient (Wildman–Crippen LogP) is 2.82. The Bertz CT molecular complexity index is 892. The third-order valence-electron chi connectivity index (χ3n) is 7.55. The lowest BCUT2D eigenvalue weighted by atomic mass is 9.81. The fourth-order valence-electron chi connectivity index (χ4n) is 5.78. The van der Waals surface area contributed by atoms with Gasteiger partial charge in [0.15, 0.2) is 0 Å². The van der Waals surface area contributed by atoms with E-state index in [9.17, 15) is 14.4 Å². The number of nitrogens with zero attached hydrogens (tertiary/aromatic N) is 1. The number of thiophene rings is 1. The average Bonchev–Trinajstić information content (AvgIpc) is 3.07. The molecule has 1 aromatic heterocycles. The van der Waals surface area contributed by atoms with Crippen LogP contribution in [0, 0.1) is 17.8 Å². The van der Waals surface area contributed by atoms with Crippen molar-refractivity contribution in [3.63, 3.8) is 0 Å². The van der Waals surface area contributed by atoms with E-state index < -0.39 is 0 Å². The van der Waals surface area contributed by atoms with Gasteiger partial charge in [0.1, 0.15) is 5.00 Å². The molecule has 154 valence electrons. The van der Waals surface area contributed by atoms with E-state index in [0.29, 0.717) is 16.5 Å². The van der Waals surface area contributed by atoms with Crippen LogP contribution in [-0.2, 0) is 27.2 Å². The zero-order chi connectivity index (χ0) is 19.9. The first-order valence-corrected chi connectivity index (χ1v) is 11.9. The number of nitrogens with one attached hydrogen (secondary N) is 1. The van der Waals surface area contributed by atoms with Crippen molar-refractivity contribution in [2.45, 2.75) is 76.5 Å². The molecule has 7 heteroatoms. The van der Waals surface area contributed by atoms with Crippen molar-refractivity contribution in [2.75, 3.05) is 4.90 Å². The molecule has 1 N–H and O–H groups in total. The van der Waals surface area contributed by atoms with Crippen molar-refractivity contribution in [3.05, 3.63) is 16.0 Å². The molecule has 2 bridgehead atoms. The SMILES string of the molecule is CC[C@H]1CCc2c(sc(N3C(=O)[C@@H]4[C@@H](C3=O)[C@@H]3CC[C@@H]4O3)c2C(=O)NC2CC2)C1. The van der Waals surface area contributed by atoms with Gasteiger partial charge in [0.05, 0.1) is 29.6 Å². The summed E-state index contributed by atoms with van der Waals surface area (Å²) in [4.78, 5) is 42.4. The summed E-state index contributed by atoms with van der Waals surface area (Å²) in [5.74, 6) is -0.517. The van der Waals surface area contributed by atoms with Gasteiger partial charge in [-0.15, -0.1) is 11.3 Å². The molecular formula is C22H26N2O4S. The first-order valence-electron chi connectivity index (χ1n) is 11.1. The van der Waals surface area contributed by atoms with Crippen LogP contribution >= 0.6 is 11.3 Å². The summed E-state index contributed by atoms with van der Waals surface area (Å²) in [5, 5.41) is 3.68. The monoisotopic (exact) mass is 414 g/mol. The van der Waals surface area contributed by atoms with E-state index in [-0.39, 0.29) is 47.8 Å². The Morgan fingerprint density at radius 2 is 1.79 bits per heavy atom. The molecule has 1 saturated carbocycles. The molecule has 0 radical (unpaired) electrons. The highest BCUT2D eigenvalue weighted by Crippen LogP contribution is 2.52. The number of hydrogen-bond donors (Lipinski definition) is 1. The second kappa shape index (κ2) is 6.38. The Kier molecular flexibility index (Phi) is 3.98. The van der Waals surface area contributed by atoms with Gasteiger partial charge >= 0.3 is 0 Å². The first kappa shape index (κ1) is 18.1. The minimum atomic E-state index is -0.358. The highest BCUT2D eigenvalue weighted by molar-refractivity contribution is 7.17. The van der Waals surface area contributed by atoms with Crippen LogP contribution in [0.15, 0.2) is 0 Å². The zero-order valence-electron chi connectivity index (χ0n) is 16.6. The maximum absolute atomic E-state index is 13.3. The van der Waals surface area contributed by atoms with Crippen molar-refractivity contribution in [3.8, 4) is 0 Å². The Morgan fingerprint density at radius 1 is 1.10 bits per heavy atom. The number of fused-ring (bicyclic) bond motifs is 6. The molecule has 1 aromatic rings. The molecular weight excluding hydrogens is 388 g/mol. The van der Waals surface area contributed by atoms with Gasteiger partial charge < -0.3 is 10.1 Å². The molecule has 6 rings (SSSR count). The van der Waals surface area contributed by atoms with Crippen molar-refractivity contribution in [1.82, 2.24) is 5.32 Å². The highest BCUT2D eigenvalue weighted by Gasteiger charge is 2.63. The normalized spacial score (nSPS) is 35.2. The molecule has 3 saturated heterocycles. The summed E-state index contributed by atoms with van der Waals surface area (Å²) in [6.45, 7) is 2.20. The van der Waals surface area contributed by atoms with Gasteiger partial charge in [0, 0.05) is 10.9 Å². The second-order valence-electron chi connectivity index (χ2n) is 9.30. The largest absolute Gasteiger partial charge is 0.373 e. The van der Waals surface area contributed by atoms with E-state index in [0.717, 1.165) is 56.9 Å². The van der Waals surface area contributed by atoms with Crippen LogP contribution in [0.25, 0.3) is 0 Å². The van der Waals surface area contributed by atoms with Crippen LogP contribution in [0.2, 0.25) is 0 Å². The van der Waals surface area contributed by atoms with Gasteiger partial charge in [0.25, 0.3) is 5.91 Å². The quantitative estimate of drug-likeness (QED) is 0.769. The van der Waals surface area contributed by atoms with Crippen LogP contribution in [0.5, 0.6) is 0 Å². The number of carbonyl (C=O) groups is 3. The van der Waals surface area contributed by atoms with Gasteiger partial charge in [0.2, 0.25) is 11.8 Å². The minimum Gasteiger partial charge on any atom is -0.373 e. The number of imide groups is 1. The summed E-state index contributed by atoms with van der Waals surface area (Å²) < 4.78 is 5.87. The molecule has 5 aliphatic rings. The van der Waals surface area contributed by atoms with Crippen molar-refractivity contribution in [2.24, 2.45) is 17.8 Å². The Morgan fingerprint density at radius 3 is 2.41 bits per heavy atom. The predicted molar refractivity (Wildman–Crippen MR) is 108 cm³/mol. The van der Waals surface area contributed by atoms with Gasteiger partial charge in [-0.25, -0.2) is 4.90 Å². The molecule has 29 heavy (non-hydrogen) atoms. The smallest absolute Gasteiger partial charge is 0.254 e. The molecule has 2 aliphatic carbocycles. The van der Waals surface area contributed by atoms with Crippen molar-refractivity contribution < 1.29 is 19.1 Å². The molecule has 0 aromatic carbocycles. The van der Waals surface area contributed by atoms with E-state index in [1.807, 2.05) is 0 Å². The van der Waals surface area contributed by atoms with E-state index in [2.05, 4.69) is 12.2 Å². The van der Waals surface area contributed by atoms with Crippen LogP contribution in [-0.4, -0.2) is 36.0 Å². The summed E-state index contributed by atoms with van der Waals surface area (Å²) in [6, 6.07) is 0.242. The van der Waals surface area contributed by atoms with Crippen LogP contribution in [0.4, 0.5) is 5.00 Å². The molecule has 3 aliphatic heterocycles. The Labute approximate surface area is 174 Å². The molecule has 4 fully saturated rings. The molecule has 3 amide bonds. The molecule has 5 atom stereocenters. The van der Waals surface area contributed by atoms with Crippen LogP contribution in [0.1, 0.15) is 66.2 Å². The zero-order valence-corrected chi connectivity index (χ0v) is 17.4. The van der Waals surface area contributed by atoms with E-state index in [1.165, 1.54) is 21.1 Å². The van der Waals surface area contributed by atoms with E-state index in [4.69, 9.17) is 4.74 Å². The number of hydrogen-bond acceptors (Lipinski definition) is 5. The van der Waals surface area contributed by atoms with Crippen molar-refractivity contribution in [1.29, 1.82) is 0 Å². The fourth-order valence-corrected chi connectivity index (χ4v) is 7.25. The second-order valence-corrected chi connectivity index (χ2v) is 10.4. The lowest BCUT2D eigenvalue weighted by Gasteiger charge is -2.21. The van der Waals surface area contributed by atoms with E-state index in [1.54, 1.807) is 0 Å². The minimum absolute atomic E-state index is 0.105. The number of carbonyl (C=O) groups excluding carboxylic acids is 3. The summed E-state index contributed by atoms with van der Waals surface area (Å²) >= 11 is 1.51. The lowest BCUT2D eigenvalue weighted by molar-refractivity contribution is -0.124. The summed E-state index contributed by atoms with van der Waals surface area (Å²) in [6.07, 6.45) is 7.45. The molecule has 4 heterocycles. The maximum atomic E-state index is 13.3. The van der Waals surface area contributed by atoms with Gasteiger partial charge in [-0.3, -0.25) is 14.4 Å². The third kappa shape index (κ3) is 2.59. The number of amides is 3. The maximum Gasteiger partial charge on any atom is 0.254 e. The van der Waals surface area contributed by atoms with E-state index >= 15 is 0 Å². The van der Waals surface area contributed by atoms with Crippen LogP contribution < -0.4 is 10.2 Å². The highest BCUT2D eigenvalue weighted by atomic mass is 32.1. The Hall–Kier alpha value is -1.73. The average molecular weight is 415 g/mol. The number of anilines is 1. The van der Waals surface area contributed by atoms with Crippen LogP contribution in [0.3, 0.4) is 0 Å². The lowest BCUT2D eigenvalue weighted by Crippen LogP contribution is -2.36.